The Labute approximate surface area is 347 Å². The van der Waals surface area contributed by atoms with Gasteiger partial charge in [-0.15, -0.1) is 0 Å². The largest absolute Gasteiger partial charge is 0.456 e. The zero-order chi connectivity index (χ0) is 40.7. The van der Waals surface area contributed by atoms with E-state index in [2.05, 4.69) is 173 Å². The SMILES string of the molecule is CC(C)c1cc(N)ccc1Oc1ccc(C2(c3ccc(Oc4ccc(N)cc4C(C)C)c(-c4ccccc4)c3)c3ccccc3-c3ccccc32)cc1-c1ccccc1. The van der Waals surface area contributed by atoms with E-state index in [0.29, 0.717) is 0 Å². The number of nitrogen functional groups attached to an aromatic ring is 2. The van der Waals surface area contributed by atoms with Gasteiger partial charge >= 0.3 is 0 Å². The normalized spacial score (nSPS) is 12.6. The summed E-state index contributed by atoms with van der Waals surface area (Å²) in [6, 6.07) is 64.1. The molecule has 9 rings (SSSR count). The maximum Gasteiger partial charge on any atom is 0.135 e. The Morgan fingerprint density at radius 1 is 0.373 bits per heavy atom. The van der Waals surface area contributed by atoms with Crippen LogP contribution in [-0.4, -0.2) is 0 Å². The molecule has 4 N–H and O–H groups in total. The van der Waals surface area contributed by atoms with Gasteiger partial charge in [0.2, 0.25) is 0 Å². The van der Waals surface area contributed by atoms with Crippen LogP contribution in [0.5, 0.6) is 23.0 Å². The van der Waals surface area contributed by atoms with E-state index in [1.165, 1.54) is 22.3 Å². The Hall–Kier alpha value is -7.04. The minimum Gasteiger partial charge on any atom is -0.456 e. The van der Waals surface area contributed by atoms with Crippen molar-refractivity contribution in [3.05, 3.63) is 215 Å². The molecule has 4 heteroatoms. The smallest absolute Gasteiger partial charge is 0.135 e. The van der Waals surface area contributed by atoms with Gasteiger partial charge in [-0.2, -0.15) is 0 Å². The average Bonchev–Trinajstić information content (AvgIpc) is 3.56. The Morgan fingerprint density at radius 3 is 1.15 bits per heavy atom. The van der Waals surface area contributed by atoms with Crippen LogP contribution in [0.2, 0.25) is 0 Å². The quantitative estimate of drug-likeness (QED) is 0.136. The first-order valence-corrected chi connectivity index (χ1v) is 20.5. The lowest BCUT2D eigenvalue weighted by molar-refractivity contribution is 0.474. The zero-order valence-corrected chi connectivity index (χ0v) is 33.9. The number of benzene rings is 8. The summed E-state index contributed by atoms with van der Waals surface area (Å²) in [5.41, 5.74) is 26.7. The van der Waals surface area contributed by atoms with Crippen molar-refractivity contribution in [2.75, 3.05) is 11.5 Å². The second-order valence-electron chi connectivity index (χ2n) is 16.1. The fraction of sp³-hybridized carbons (Fsp3) is 0.127. The summed E-state index contributed by atoms with van der Waals surface area (Å²) >= 11 is 0. The van der Waals surface area contributed by atoms with Crippen molar-refractivity contribution in [3.63, 3.8) is 0 Å². The van der Waals surface area contributed by atoms with Crippen molar-refractivity contribution in [1.29, 1.82) is 0 Å². The first-order valence-electron chi connectivity index (χ1n) is 20.5. The standard InChI is InChI=1S/C55H48N2O2/c1-35(2)45-33-41(56)25-29-51(45)58-53-27-23-39(31-47(53)37-15-7-5-8-16-37)55(49-21-13-11-19-43(49)44-20-12-14-22-50(44)55)40-24-28-54(48(32-40)38-17-9-6-10-18-38)59-52-30-26-42(57)34-46(52)36(3)4/h5-36H,56-57H2,1-4H3. The maximum absolute atomic E-state index is 6.91. The summed E-state index contributed by atoms with van der Waals surface area (Å²) in [5, 5.41) is 0. The molecule has 0 amide bonds. The molecule has 0 bridgehead atoms. The Balaban J connectivity index is 1.30. The van der Waals surface area contributed by atoms with Crippen LogP contribution < -0.4 is 20.9 Å². The molecule has 0 atom stereocenters. The van der Waals surface area contributed by atoms with E-state index in [4.69, 9.17) is 20.9 Å². The second-order valence-corrected chi connectivity index (χ2v) is 16.1. The first kappa shape index (κ1) is 37.5. The van der Waals surface area contributed by atoms with Gasteiger partial charge in [0.1, 0.15) is 23.0 Å². The van der Waals surface area contributed by atoms with Crippen LogP contribution in [0, 0.1) is 0 Å². The van der Waals surface area contributed by atoms with E-state index in [-0.39, 0.29) is 11.8 Å². The number of rotatable bonds is 10. The van der Waals surface area contributed by atoms with E-state index in [0.717, 1.165) is 78.9 Å². The van der Waals surface area contributed by atoms with Gasteiger partial charge in [0, 0.05) is 22.5 Å². The van der Waals surface area contributed by atoms with Crippen LogP contribution in [0.4, 0.5) is 11.4 Å². The summed E-state index contributed by atoms with van der Waals surface area (Å²) in [4.78, 5) is 0. The number of anilines is 2. The van der Waals surface area contributed by atoms with E-state index in [1.54, 1.807) is 0 Å². The number of hydrogen-bond acceptors (Lipinski definition) is 4. The molecular weight excluding hydrogens is 721 g/mol. The topological polar surface area (TPSA) is 70.5 Å². The third-order valence-electron chi connectivity index (χ3n) is 11.7. The third kappa shape index (κ3) is 6.71. The Bertz CT molecular complexity index is 2610. The Morgan fingerprint density at radius 2 is 0.746 bits per heavy atom. The molecule has 8 aromatic rings. The molecule has 0 saturated carbocycles. The highest BCUT2D eigenvalue weighted by molar-refractivity contribution is 5.88. The van der Waals surface area contributed by atoms with Crippen LogP contribution in [0.3, 0.4) is 0 Å². The summed E-state index contributed by atoms with van der Waals surface area (Å²) in [5.74, 6) is 3.61. The van der Waals surface area contributed by atoms with Crippen LogP contribution in [0.1, 0.15) is 72.9 Å². The second kappa shape index (κ2) is 15.4. The number of ether oxygens (including phenoxy) is 2. The number of nitrogens with two attached hydrogens (primary N) is 2. The molecule has 290 valence electrons. The summed E-state index contributed by atoms with van der Waals surface area (Å²) in [6.07, 6.45) is 0. The molecule has 0 saturated heterocycles. The van der Waals surface area contributed by atoms with E-state index >= 15 is 0 Å². The predicted molar refractivity (Wildman–Crippen MR) is 245 cm³/mol. The number of fused-ring (bicyclic) bond motifs is 3. The fourth-order valence-electron chi connectivity index (χ4n) is 8.87. The van der Waals surface area contributed by atoms with E-state index < -0.39 is 5.41 Å². The van der Waals surface area contributed by atoms with Crippen LogP contribution in [-0.2, 0) is 5.41 Å². The minimum absolute atomic E-state index is 0.227. The van der Waals surface area contributed by atoms with Gasteiger partial charge in [-0.3, -0.25) is 0 Å². The van der Waals surface area contributed by atoms with E-state index in [9.17, 15) is 0 Å². The molecule has 1 aliphatic carbocycles. The van der Waals surface area contributed by atoms with Crippen molar-refractivity contribution in [2.45, 2.75) is 44.9 Å². The van der Waals surface area contributed by atoms with Gasteiger partial charge in [-0.05, 0) is 128 Å². The van der Waals surface area contributed by atoms with Crippen LogP contribution >= 0.6 is 0 Å². The first-order chi connectivity index (χ1) is 28.7. The lowest BCUT2D eigenvalue weighted by atomic mass is 9.67. The van der Waals surface area contributed by atoms with Crippen molar-refractivity contribution in [3.8, 4) is 56.4 Å². The average molecular weight is 769 g/mol. The highest BCUT2D eigenvalue weighted by Crippen LogP contribution is 2.58. The van der Waals surface area contributed by atoms with Crippen molar-refractivity contribution < 1.29 is 9.47 Å². The molecule has 0 aliphatic heterocycles. The Kier molecular flexibility index (Phi) is 9.78. The van der Waals surface area contributed by atoms with Gasteiger partial charge in [0.25, 0.3) is 0 Å². The molecule has 0 spiro atoms. The molecule has 0 radical (unpaired) electrons. The fourth-order valence-corrected chi connectivity index (χ4v) is 8.87. The molecule has 0 fully saturated rings. The molecule has 0 heterocycles. The van der Waals surface area contributed by atoms with Crippen molar-refractivity contribution in [2.24, 2.45) is 0 Å². The summed E-state index contributed by atoms with van der Waals surface area (Å²) < 4.78 is 13.8. The number of hydrogen-bond donors (Lipinski definition) is 2. The van der Waals surface area contributed by atoms with E-state index in [1.807, 2.05) is 36.4 Å². The van der Waals surface area contributed by atoms with Gasteiger partial charge in [0.15, 0.2) is 0 Å². The molecule has 8 aromatic carbocycles. The summed E-state index contributed by atoms with van der Waals surface area (Å²) in [6.45, 7) is 8.67. The molecule has 59 heavy (non-hydrogen) atoms. The van der Waals surface area contributed by atoms with Gasteiger partial charge in [-0.25, -0.2) is 0 Å². The predicted octanol–water partition coefficient (Wildman–Crippen LogP) is 14.4. The zero-order valence-electron chi connectivity index (χ0n) is 33.9. The van der Waals surface area contributed by atoms with Gasteiger partial charge in [-0.1, -0.05) is 149 Å². The highest BCUT2D eigenvalue weighted by atomic mass is 16.5. The molecule has 0 aromatic heterocycles. The highest BCUT2D eigenvalue weighted by Gasteiger charge is 2.46. The molecule has 4 nitrogen and oxygen atoms in total. The van der Waals surface area contributed by atoms with Gasteiger partial charge in [0.05, 0.1) is 5.41 Å². The minimum atomic E-state index is -0.689. The molecule has 0 unspecified atom stereocenters. The van der Waals surface area contributed by atoms with Crippen molar-refractivity contribution >= 4 is 11.4 Å². The third-order valence-corrected chi connectivity index (χ3v) is 11.7. The molecule has 1 aliphatic rings. The lowest BCUT2D eigenvalue weighted by Gasteiger charge is -2.35. The van der Waals surface area contributed by atoms with Crippen LogP contribution in [0.25, 0.3) is 33.4 Å². The lowest BCUT2D eigenvalue weighted by Crippen LogP contribution is -2.28. The maximum atomic E-state index is 6.91. The molecular formula is C55H48N2O2. The summed E-state index contributed by atoms with van der Waals surface area (Å²) in [7, 11) is 0. The van der Waals surface area contributed by atoms with Gasteiger partial charge < -0.3 is 20.9 Å². The van der Waals surface area contributed by atoms with Crippen molar-refractivity contribution in [1.82, 2.24) is 0 Å². The monoisotopic (exact) mass is 768 g/mol. The van der Waals surface area contributed by atoms with Crippen LogP contribution in [0.15, 0.2) is 182 Å².